The number of rotatable bonds is 2. The third-order valence-corrected chi connectivity index (χ3v) is 3.37. The van der Waals surface area contributed by atoms with E-state index in [0.29, 0.717) is 6.54 Å². The number of carbonyl (C=O) groups is 1. The lowest BCUT2D eigenvalue weighted by molar-refractivity contribution is -0.124. The molecular formula is C15H20N2O. The van der Waals surface area contributed by atoms with E-state index >= 15 is 0 Å². The molecule has 2 rings (SSSR count). The Morgan fingerprint density at radius 3 is 2.83 bits per heavy atom. The second-order valence-electron chi connectivity index (χ2n) is 5.03. The smallest absolute Gasteiger partial charge is 0.246 e. The van der Waals surface area contributed by atoms with Gasteiger partial charge in [0.25, 0.3) is 0 Å². The van der Waals surface area contributed by atoms with Crippen molar-refractivity contribution in [3.63, 3.8) is 0 Å². The van der Waals surface area contributed by atoms with Crippen molar-refractivity contribution in [2.45, 2.75) is 26.3 Å². The normalized spacial score (nSPS) is 19.7. The minimum absolute atomic E-state index is 0.0583. The van der Waals surface area contributed by atoms with E-state index < -0.39 is 0 Å². The average Bonchev–Trinajstić information content (AvgIpc) is 2.74. The third-order valence-electron chi connectivity index (χ3n) is 3.37. The molecule has 1 saturated heterocycles. The molecule has 1 aliphatic heterocycles. The van der Waals surface area contributed by atoms with Crippen molar-refractivity contribution in [1.82, 2.24) is 4.90 Å². The molecule has 0 aromatic heterocycles. The highest BCUT2D eigenvalue weighted by molar-refractivity contribution is 5.92. The summed E-state index contributed by atoms with van der Waals surface area (Å²) in [5, 5.41) is 0. The fourth-order valence-electron chi connectivity index (χ4n) is 2.27. The van der Waals surface area contributed by atoms with E-state index in [2.05, 4.69) is 26.0 Å². The number of hydrogen-bond donors (Lipinski definition) is 1. The van der Waals surface area contributed by atoms with Gasteiger partial charge in [0, 0.05) is 25.2 Å². The van der Waals surface area contributed by atoms with E-state index in [-0.39, 0.29) is 11.9 Å². The molecular weight excluding hydrogens is 224 g/mol. The number of nitrogens with two attached hydrogens (primary N) is 1. The van der Waals surface area contributed by atoms with Crippen LogP contribution in [0, 0.1) is 13.8 Å². The van der Waals surface area contributed by atoms with Crippen LogP contribution in [0.3, 0.4) is 0 Å². The highest BCUT2D eigenvalue weighted by Crippen LogP contribution is 2.13. The first kappa shape index (κ1) is 12.8. The molecule has 0 spiro atoms. The number of hydrogen-bond acceptors (Lipinski definition) is 2. The molecule has 1 unspecified atom stereocenters. The van der Waals surface area contributed by atoms with Crippen LogP contribution >= 0.6 is 0 Å². The number of amides is 1. The SMILES string of the molecule is Cc1ccc(/C=C/C(=O)N2CCC(N)C2)c(C)c1. The van der Waals surface area contributed by atoms with E-state index in [1.54, 1.807) is 6.08 Å². The van der Waals surface area contributed by atoms with Gasteiger partial charge in [-0.1, -0.05) is 23.8 Å². The summed E-state index contributed by atoms with van der Waals surface area (Å²) in [7, 11) is 0. The number of carbonyl (C=O) groups excluding carboxylic acids is 1. The Morgan fingerprint density at radius 2 is 2.22 bits per heavy atom. The second-order valence-corrected chi connectivity index (χ2v) is 5.03. The highest BCUT2D eigenvalue weighted by atomic mass is 16.2. The van der Waals surface area contributed by atoms with Crippen LogP contribution < -0.4 is 5.73 Å². The van der Waals surface area contributed by atoms with E-state index in [0.717, 1.165) is 18.5 Å². The first-order valence-electron chi connectivity index (χ1n) is 6.36. The molecule has 0 aliphatic carbocycles. The van der Waals surface area contributed by atoms with Gasteiger partial charge in [-0.3, -0.25) is 4.79 Å². The van der Waals surface area contributed by atoms with Gasteiger partial charge >= 0.3 is 0 Å². The molecule has 1 heterocycles. The van der Waals surface area contributed by atoms with Crippen LogP contribution in [0.1, 0.15) is 23.1 Å². The van der Waals surface area contributed by atoms with Crippen molar-refractivity contribution >= 4 is 12.0 Å². The molecule has 1 aromatic rings. The van der Waals surface area contributed by atoms with Crippen molar-refractivity contribution in [3.05, 3.63) is 41.0 Å². The van der Waals surface area contributed by atoms with Crippen LogP contribution in [0.2, 0.25) is 0 Å². The van der Waals surface area contributed by atoms with E-state index in [9.17, 15) is 4.79 Å². The molecule has 0 saturated carbocycles. The van der Waals surface area contributed by atoms with Crippen molar-refractivity contribution in [1.29, 1.82) is 0 Å². The standard InChI is InChI=1S/C15H20N2O/c1-11-3-4-13(12(2)9-11)5-6-15(18)17-8-7-14(16)10-17/h3-6,9,14H,7-8,10,16H2,1-2H3/b6-5+. The van der Waals surface area contributed by atoms with Gasteiger partial charge in [0.05, 0.1) is 0 Å². The molecule has 0 radical (unpaired) electrons. The summed E-state index contributed by atoms with van der Waals surface area (Å²) < 4.78 is 0. The Balaban J connectivity index is 2.04. The van der Waals surface area contributed by atoms with E-state index in [4.69, 9.17) is 5.73 Å². The summed E-state index contributed by atoms with van der Waals surface area (Å²) >= 11 is 0. The lowest BCUT2D eigenvalue weighted by Crippen LogP contribution is -2.30. The van der Waals surface area contributed by atoms with Crippen molar-refractivity contribution in [2.75, 3.05) is 13.1 Å². The highest BCUT2D eigenvalue weighted by Gasteiger charge is 2.21. The maximum Gasteiger partial charge on any atom is 0.246 e. The average molecular weight is 244 g/mol. The van der Waals surface area contributed by atoms with Gasteiger partial charge in [0.1, 0.15) is 0 Å². The lowest BCUT2D eigenvalue weighted by atomic mass is 10.1. The monoisotopic (exact) mass is 244 g/mol. The zero-order chi connectivity index (χ0) is 13.1. The van der Waals surface area contributed by atoms with Crippen LogP contribution in [-0.4, -0.2) is 29.9 Å². The summed E-state index contributed by atoms with van der Waals surface area (Å²) in [6.45, 7) is 5.58. The molecule has 18 heavy (non-hydrogen) atoms. The van der Waals surface area contributed by atoms with Crippen molar-refractivity contribution in [3.8, 4) is 0 Å². The number of nitrogens with zero attached hydrogens (tertiary/aromatic N) is 1. The maximum absolute atomic E-state index is 11.9. The lowest BCUT2D eigenvalue weighted by Gasteiger charge is -2.12. The Kier molecular flexibility index (Phi) is 3.82. The van der Waals surface area contributed by atoms with Crippen LogP contribution in [-0.2, 0) is 4.79 Å². The number of aryl methyl sites for hydroxylation is 2. The summed E-state index contributed by atoms with van der Waals surface area (Å²) in [6, 6.07) is 6.37. The topological polar surface area (TPSA) is 46.3 Å². The van der Waals surface area contributed by atoms with Crippen LogP contribution in [0.4, 0.5) is 0 Å². The summed E-state index contributed by atoms with van der Waals surface area (Å²) in [5.41, 5.74) is 9.32. The van der Waals surface area contributed by atoms with Gasteiger partial charge in [-0.05, 0) is 37.5 Å². The quantitative estimate of drug-likeness (QED) is 0.807. The molecule has 3 nitrogen and oxygen atoms in total. The van der Waals surface area contributed by atoms with Gasteiger partial charge in [-0.25, -0.2) is 0 Å². The predicted molar refractivity (Wildman–Crippen MR) is 74.1 cm³/mol. The fourth-order valence-corrected chi connectivity index (χ4v) is 2.27. The molecule has 1 amide bonds. The predicted octanol–water partition coefficient (Wildman–Crippen LogP) is 1.88. The minimum Gasteiger partial charge on any atom is -0.338 e. The van der Waals surface area contributed by atoms with Gasteiger partial charge in [0.2, 0.25) is 5.91 Å². The van der Waals surface area contributed by atoms with Gasteiger partial charge in [0.15, 0.2) is 0 Å². The summed E-state index contributed by atoms with van der Waals surface area (Å²) in [5.74, 6) is 0.0583. The molecule has 2 N–H and O–H groups in total. The van der Waals surface area contributed by atoms with Crippen molar-refractivity contribution in [2.24, 2.45) is 5.73 Å². The Labute approximate surface area is 108 Å². The second kappa shape index (κ2) is 5.36. The fraction of sp³-hybridized carbons (Fsp3) is 0.400. The molecule has 1 atom stereocenters. The molecule has 1 fully saturated rings. The molecule has 1 aromatic carbocycles. The third kappa shape index (κ3) is 2.99. The number of likely N-dealkylation sites (tertiary alicyclic amines) is 1. The Bertz CT molecular complexity index is 479. The largest absolute Gasteiger partial charge is 0.338 e. The molecule has 0 bridgehead atoms. The zero-order valence-electron chi connectivity index (χ0n) is 11.0. The van der Waals surface area contributed by atoms with Crippen molar-refractivity contribution < 1.29 is 4.79 Å². The maximum atomic E-state index is 11.9. The first-order valence-corrected chi connectivity index (χ1v) is 6.36. The van der Waals surface area contributed by atoms with Crippen LogP contribution in [0.25, 0.3) is 6.08 Å². The molecule has 3 heteroatoms. The van der Waals surface area contributed by atoms with E-state index in [1.165, 1.54) is 11.1 Å². The Morgan fingerprint density at radius 1 is 1.44 bits per heavy atom. The Hall–Kier alpha value is -1.61. The summed E-state index contributed by atoms with van der Waals surface area (Å²) in [4.78, 5) is 13.7. The van der Waals surface area contributed by atoms with Gasteiger partial charge < -0.3 is 10.6 Å². The van der Waals surface area contributed by atoms with Gasteiger partial charge in [-0.15, -0.1) is 0 Å². The zero-order valence-corrected chi connectivity index (χ0v) is 11.0. The molecule has 96 valence electrons. The molecule has 1 aliphatic rings. The first-order chi connectivity index (χ1) is 8.56. The number of benzene rings is 1. The van der Waals surface area contributed by atoms with Crippen LogP contribution in [0.5, 0.6) is 0 Å². The van der Waals surface area contributed by atoms with E-state index in [1.807, 2.05) is 17.0 Å². The van der Waals surface area contributed by atoms with Crippen LogP contribution in [0.15, 0.2) is 24.3 Å². The summed E-state index contributed by atoms with van der Waals surface area (Å²) in [6.07, 6.45) is 4.44. The van der Waals surface area contributed by atoms with Gasteiger partial charge in [-0.2, -0.15) is 0 Å². The minimum atomic E-state index is 0.0583.